The summed E-state index contributed by atoms with van der Waals surface area (Å²) >= 11 is 0. The molecule has 3 aromatic rings. The van der Waals surface area contributed by atoms with Crippen LogP contribution in [-0.4, -0.2) is 19.0 Å². The molecule has 0 spiro atoms. The summed E-state index contributed by atoms with van der Waals surface area (Å²) in [5.74, 6) is 0.0589. The number of methoxy groups -OCH3 is 1. The number of rotatable bonds is 6. The van der Waals surface area contributed by atoms with Crippen LogP contribution in [0.2, 0.25) is 0 Å². The minimum atomic E-state index is -0.476. The number of nitrogens with zero attached hydrogens (tertiary/aromatic N) is 1. The van der Waals surface area contributed by atoms with E-state index < -0.39 is 11.9 Å². The molecule has 6 heteroatoms. The van der Waals surface area contributed by atoms with Crippen LogP contribution in [0.4, 0.5) is 0 Å². The predicted molar refractivity (Wildman–Crippen MR) is 117 cm³/mol. The molecule has 6 nitrogen and oxygen atoms in total. The van der Waals surface area contributed by atoms with Gasteiger partial charge in [0.25, 0.3) is 5.91 Å². The second-order valence-corrected chi connectivity index (χ2v) is 7.00. The Morgan fingerprint density at radius 1 is 1.13 bits per heavy atom. The summed E-state index contributed by atoms with van der Waals surface area (Å²) in [6.45, 7) is 3.72. The highest BCUT2D eigenvalue weighted by atomic mass is 16.5. The summed E-state index contributed by atoms with van der Waals surface area (Å²) < 4.78 is 10.6. The summed E-state index contributed by atoms with van der Waals surface area (Å²) in [4.78, 5) is 24.2. The molecule has 0 aliphatic heterocycles. The standard InChI is InChI=1S/C25H22N2O4/c1-16-13-19(25(29)30-3)9-11-22(16)23-12-10-21(31-23)14-20(15-26)24(28)27-17(2)18-7-5-4-6-8-18/h4-14,17H,1-3H3,(H,27,28)/b20-14-/t17-/m1/s1. The van der Waals surface area contributed by atoms with Crippen LogP contribution in [0.15, 0.2) is 70.7 Å². The molecule has 1 amide bonds. The number of hydrogen-bond donors (Lipinski definition) is 1. The molecule has 0 unspecified atom stereocenters. The van der Waals surface area contributed by atoms with Crippen LogP contribution in [0, 0.1) is 18.3 Å². The van der Waals surface area contributed by atoms with Crippen LogP contribution in [0.1, 0.15) is 40.2 Å². The van der Waals surface area contributed by atoms with E-state index >= 15 is 0 Å². The number of carbonyl (C=O) groups is 2. The highest BCUT2D eigenvalue weighted by molar-refractivity contribution is 6.01. The van der Waals surface area contributed by atoms with Crippen molar-refractivity contribution in [2.24, 2.45) is 0 Å². The van der Waals surface area contributed by atoms with Crippen molar-refractivity contribution in [3.8, 4) is 17.4 Å². The Morgan fingerprint density at radius 2 is 1.87 bits per heavy atom. The van der Waals surface area contributed by atoms with Crippen molar-refractivity contribution in [2.75, 3.05) is 7.11 Å². The maximum Gasteiger partial charge on any atom is 0.337 e. The van der Waals surface area contributed by atoms with E-state index in [0.29, 0.717) is 17.1 Å². The second kappa shape index (κ2) is 9.59. The average molecular weight is 414 g/mol. The molecule has 1 N–H and O–H groups in total. The lowest BCUT2D eigenvalue weighted by molar-refractivity contribution is -0.117. The van der Waals surface area contributed by atoms with Crippen LogP contribution in [0.3, 0.4) is 0 Å². The second-order valence-electron chi connectivity index (χ2n) is 7.00. The maximum absolute atomic E-state index is 12.5. The Labute approximate surface area is 180 Å². The molecule has 156 valence electrons. The highest BCUT2D eigenvalue weighted by Gasteiger charge is 2.15. The zero-order valence-corrected chi connectivity index (χ0v) is 17.5. The number of nitrogens with one attached hydrogen (secondary N) is 1. The molecule has 0 saturated carbocycles. The quantitative estimate of drug-likeness (QED) is 0.354. The van der Waals surface area contributed by atoms with Crippen LogP contribution in [-0.2, 0) is 9.53 Å². The van der Waals surface area contributed by atoms with Crippen LogP contribution >= 0.6 is 0 Å². The lowest BCUT2D eigenvalue weighted by Gasteiger charge is -2.13. The highest BCUT2D eigenvalue weighted by Crippen LogP contribution is 2.27. The number of ether oxygens (including phenoxy) is 1. The zero-order chi connectivity index (χ0) is 22.4. The van der Waals surface area contributed by atoms with Gasteiger partial charge in [0, 0.05) is 11.6 Å². The number of hydrogen-bond acceptors (Lipinski definition) is 5. The fourth-order valence-corrected chi connectivity index (χ4v) is 3.15. The Balaban J connectivity index is 1.78. The molecule has 0 saturated heterocycles. The van der Waals surface area contributed by atoms with Gasteiger partial charge < -0.3 is 14.5 Å². The van der Waals surface area contributed by atoms with E-state index in [9.17, 15) is 14.9 Å². The third-order valence-electron chi connectivity index (χ3n) is 4.84. The van der Waals surface area contributed by atoms with Gasteiger partial charge in [0.15, 0.2) is 0 Å². The number of amides is 1. The summed E-state index contributed by atoms with van der Waals surface area (Å²) in [6, 6.07) is 19.8. The molecule has 1 heterocycles. The first-order valence-electron chi connectivity index (χ1n) is 9.69. The van der Waals surface area contributed by atoms with E-state index in [1.54, 1.807) is 30.3 Å². The number of furan rings is 1. The van der Waals surface area contributed by atoms with Gasteiger partial charge in [-0.3, -0.25) is 4.79 Å². The van der Waals surface area contributed by atoms with Crippen molar-refractivity contribution < 1.29 is 18.7 Å². The minimum absolute atomic E-state index is 0.0542. The van der Waals surface area contributed by atoms with Gasteiger partial charge in [-0.1, -0.05) is 36.4 Å². The van der Waals surface area contributed by atoms with E-state index in [0.717, 1.165) is 16.7 Å². The van der Waals surface area contributed by atoms with E-state index in [-0.39, 0.29) is 11.6 Å². The molecule has 2 aromatic carbocycles. The van der Waals surface area contributed by atoms with Gasteiger partial charge in [0.1, 0.15) is 23.2 Å². The monoisotopic (exact) mass is 414 g/mol. The van der Waals surface area contributed by atoms with E-state index in [1.165, 1.54) is 13.2 Å². The van der Waals surface area contributed by atoms with Crippen LogP contribution < -0.4 is 5.32 Å². The average Bonchev–Trinajstić information content (AvgIpc) is 3.25. The molecule has 3 rings (SSSR count). The molecular formula is C25H22N2O4. The molecule has 1 atom stereocenters. The minimum Gasteiger partial charge on any atom is -0.465 e. The van der Waals surface area contributed by atoms with Crippen molar-refractivity contribution in [1.82, 2.24) is 5.32 Å². The summed E-state index contributed by atoms with van der Waals surface area (Å²) in [6.07, 6.45) is 1.41. The van der Waals surface area contributed by atoms with Gasteiger partial charge in [0.05, 0.1) is 18.7 Å². The van der Waals surface area contributed by atoms with E-state index in [4.69, 9.17) is 9.15 Å². The smallest absolute Gasteiger partial charge is 0.337 e. The zero-order valence-electron chi connectivity index (χ0n) is 17.5. The molecule has 0 bridgehead atoms. The molecule has 0 aliphatic carbocycles. The number of nitriles is 1. The lowest BCUT2D eigenvalue weighted by atomic mass is 10.0. The van der Waals surface area contributed by atoms with Crippen molar-refractivity contribution in [3.63, 3.8) is 0 Å². The molecule has 1 aromatic heterocycles. The molecule has 31 heavy (non-hydrogen) atoms. The van der Waals surface area contributed by atoms with Crippen LogP contribution in [0.5, 0.6) is 0 Å². The fraction of sp³-hybridized carbons (Fsp3) is 0.160. The molecule has 0 aliphatic rings. The first-order valence-corrected chi connectivity index (χ1v) is 9.69. The predicted octanol–water partition coefficient (Wildman–Crippen LogP) is 4.83. The lowest BCUT2D eigenvalue weighted by Crippen LogP contribution is -2.27. The van der Waals surface area contributed by atoms with Crippen molar-refractivity contribution in [1.29, 1.82) is 5.26 Å². The van der Waals surface area contributed by atoms with Crippen molar-refractivity contribution in [2.45, 2.75) is 19.9 Å². The Morgan fingerprint density at radius 3 is 2.52 bits per heavy atom. The topological polar surface area (TPSA) is 92.3 Å². The van der Waals surface area contributed by atoms with Gasteiger partial charge in [0.2, 0.25) is 0 Å². The summed E-state index contributed by atoms with van der Waals surface area (Å²) in [5, 5.41) is 12.3. The third-order valence-corrected chi connectivity index (χ3v) is 4.84. The van der Waals surface area contributed by atoms with Crippen LogP contribution in [0.25, 0.3) is 17.4 Å². The largest absolute Gasteiger partial charge is 0.465 e. The molecule has 0 radical (unpaired) electrons. The maximum atomic E-state index is 12.5. The number of carbonyl (C=O) groups excluding carboxylic acids is 2. The van der Waals surface area contributed by atoms with Crippen molar-refractivity contribution in [3.05, 3.63) is 88.7 Å². The Bertz CT molecular complexity index is 1170. The first-order chi connectivity index (χ1) is 14.9. The summed E-state index contributed by atoms with van der Waals surface area (Å²) in [5.41, 5.74) is 2.97. The molecular weight excluding hydrogens is 392 g/mol. The Hall–Kier alpha value is -4.11. The van der Waals surface area contributed by atoms with Gasteiger partial charge >= 0.3 is 5.97 Å². The van der Waals surface area contributed by atoms with Gasteiger partial charge in [-0.2, -0.15) is 5.26 Å². The Kier molecular flexibility index (Phi) is 6.68. The number of aryl methyl sites for hydroxylation is 1. The van der Waals surface area contributed by atoms with Gasteiger partial charge in [-0.05, 0) is 49.2 Å². The molecule has 0 fully saturated rings. The SMILES string of the molecule is COC(=O)c1ccc(-c2ccc(/C=C(/C#N)C(=O)N[C@H](C)c3ccccc3)o2)c(C)c1. The van der Waals surface area contributed by atoms with Gasteiger partial charge in [-0.15, -0.1) is 0 Å². The summed E-state index contributed by atoms with van der Waals surface area (Å²) in [7, 11) is 1.33. The van der Waals surface area contributed by atoms with Crippen molar-refractivity contribution >= 4 is 18.0 Å². The van der Waals surface area contributed by atoms with Gasteiger partial charge in [-0.25, -0.2) is 4.79 Å². The fourth-order valence-electron chi connectivity index (χ4n) is 3.15. The number of benzene rings is 2. The number of esters is 1. The van der Waals surface area contributed by atoms with E-state index in [2.05, 4.69) is 5.32 Å². The first kappa shape index (κ1) is 21.6. The third kappa shape index (κ3) is 5.09. The van der Waals surface area contributed by atoms with E-state index in [1.807, 2.05) is 50.2 Å². The normalized spacial score (nSPS) is 12.0.